The predicted molar refractivity (Wildman–Crippen MR) is 128 cm³/mol. The van der Waals surface area contributed by atoms with Crippen molar-refractivity contribution in [2.24, 2.45) is 0 Å². The van der Waals surface area contributed by atoms with Gasteiger partial charge in [-0.2, -0.15) is 0 Å². The molecule has 0 bridgehead atoms. The van der Waals surface area contributed by atoms with Crippen LogP contribution in [0, 0.1) is 39.9 Å². The summed E-state index contributed by atoms with van der Waals surface area (Å²) in [6.07, 6.45) is 0. The average molecular weight is 486 g/mol. The van der Waals surface area contributed by atoms with Crippen LogP contribution in [0.3, 0.4) is 0 Å². The third-order valence-electron chi connectivity index (χ3n) is 4.83. The van der Waals surface area contributed by atoms with Gasteiger partial charge in [-0.05, 0) is 38.1 Å². The van der Waals surface area contributed by atoms with E-state index in [1.165, 1.54) is 69.7 Å². The smallest absolute Gasteiger partial charge is 0.276 e. The van der Waals surface area contributed by atoms with Crippen LogP contribution in [0.1, 0.15) is 21.5 Å². The van der Waals surface area contributed by atoms with Crippen LogP contribution in [0.25, 0.3) is 0 Å². The van der Waals surface area contributed by atoms with E-state index in [1.54, 1.807) is 6.92 Å². The molecule has 12 heteroatoms. The van der Waals surface area contributed by atoms with Gasteiger partial charge in [0.05, 0.1) is 53.1 Å². The minimum atomic E-state index is -0.662. The third kappa shape index (κ3) is 6.41. The van der Waals surface area contributed by atoms with E-state index in [-0.39, 0.29) is 28.4 Å². The second-order valence-electron chi connectivity index (χ2n) is 7.17. The van der Waals surface area contributed by atoms with Crippen LogP contribution in [-0.2, 0) is 0 Å². The molecular formula is C23H23FN4O7. The SMILES string of the molecule is COc1cc([N+](=O)[O-])c(C)cc1N.COc1cc([N+](=O)[O-])c(C)cc1NC(=O)c1ccccc1F. The van der Waals surface area contributed by atoms with E-state index in [4.69, 9.17) is 15.2 Å². The molecule has 0 aliphatic rings. The predicted octanol–water partition coefficient (Wildman–Crippen LogP) is 4.80. The number of benzene rings is 3. The van der Waals surface area contributed by atoms with E-state index < -0.39 is 21.6 Å². The Labute approximate surface area is 199 Å². The molecule has 0 spiro atoms. The molecule has 0 radical (unpaired) electrons. The van der Waals surface area contributed by atoms with Crippen LogP contribution in [0.15, 0.2) is 48.5 Å². The highest BCUT2D eigenvalue weighted by Gasteiger charge is 2.19. The Morgan fingerprint density at radius 2 is 1.43 bits per heavy atom. The van der Waals surface area contributed by atoms with Gasteiger partial charge >= 0.3 is 0 Å². The van der Waals surface area contributed by atoms with Crippen LogP contribution < -0.4 is 20.5 Å². The van der Waals surface area contributed by atoms with Gasteiger partial charge in [-0.1, -0.05) is 12.1 Å². The van der Waals surface area contributed by atoms with Crippen molar-refractivity contribution < 1.29 is 28.5 Å². The first kappa shape index (κ1) is 26.5. The monoisotopic (exact) mass is 486 g/mol. The molecule has 0 heterocycles. The van der Waals surface area contributed by atoms with Crippen molar-refractivity contribution in [3.05, 3.63) is 91.3 Å². The molecule has 0 aliphatic heterocycles. The number of halogens is 1. The maximum atomic E-state index is 13.6. The molecule has 1 amide bonds. The molecule has 0 saturated heterocycles. The third-order valence-corrected chi connectivity index (χ3v) is 4.83. The largest absolute Gasteiger partial charge is 0.494 e. The summed E-state index contributed by atoms with van der Waals surface area (Å²) in [5.74, 6) is -0.860. The Hall–Kier alpha value is -4.74. The topological polar surface area (TPSA) is 160 Å². The second kappa shape index (κ2) is 11.4. The molecule has 3 rings (SSSR count). The molecule has 35 heavy (non-hydrogen) atoms. The van der Waals surface area contributed by atoms with Crippen molar-refractivity contribution in [1.29, 1.82) is 0 Å². The van der Waals surface area contributed by atoms with Gasteiger partial charge in [-0.15, -0.1) is 0 Å². The molecule has 0 atom stereocenters. The Morgan fingerprint density at radius 3 is 1.94 bits per heavy atom. The van der Waals surface area contributed by atoms with E-state index >= 15 is 0 Å². The summed E-state index contributed by atoms with van der Waals surface area (Å²) in [7, 11) is 2.75. The molecule has 0 fully saturated rings. The first-order valence-corrected chi connectivity index (χ1v) is 9.97. The highest BCUT2D eigenvalue weighted by Crippen LogP contribution is 2.33. The number of anilines is 2. The lowest BCUT2D eigenvalue weighted by molar-refractivity contribution is -0.385. The standard InChI is InChI=1S/C15H13FN2O4.C8H10N2O3/c1-9-7-12(14(22-2)8-13(9)18(20)21)17-15(19)10-5-3-4-6-11(10)16;1-5-3-6(9)8(13-2)4-7(5)10(11)12/h3-8H,1-2H3,(H,17,19);3-4H,9H2,1-2H3. The quantitative estimate of drug-likeness (QED) is 0.285. The fourth-order valence-corrected chi connectivity index (χ4v) is 3.05. The zero-order chi connectivity index (χ0) is 26.3. The fourth-order valence-electron chi connectivity index (χ4n) is 3.05. The Kier molecular flexibility index (Phi) is 8.64. The van der Waals surface area contributed by atoms with Crippen LogP contribution >= 0.6 is 0 Å². The lowest BCUT2D eigenvalue weighted by Gasteiger charge is -2.11. The minimum absolute atomic E-state index is 0.0195. The van der Waals surface area contributed by atoms with Crippen molar-refractivity contribution in [1.82, 2.24) is 0 Å². The van der Waals surface area contributed by atoms with Gasteiger partial charge in [-0.3, -0.25) is 25.0 Å². The first-order valence-electron chi connectivity index (χ1n) is 9.97. The summed E-state index contributed by atoms with van der Waals surface area (Å²) < 4.78 is 23.5. The number of nitrogens with zero attached hydrogens (tertiary/aromatic N) is 2. The van der Waals surface area contributed by atoms with E-state index in [2.05, 4.69) is 5.32 Å². The highest BCUT2D eigenvalue weighted by molar-refractivity contribution is 6.05. The number of methoxy groups -OCH3 is 2. The van der Waals surface area contributed by atoms with Crippen LogP contribution in [0.4, 0.5) is 27.1 Å². The van der Waals surface area contributed by atoms with Gasteiger partial charge in [0, 0.05) is 11.1 Å². The van der Waals surface area contributed by atoms with E-state index in [0.717, 1.165) is 0 Å². The number of hydrogen-bond donors (Lipinski definition) is 2. The van der Waals surface area contributed by atoms with E-state index in [1.807, 2.05) is 0 Å². The molecule has 184 valence electrons. The number of nitrogens with one attached hydrogen (secondary N) is 1. The minimum Gasteiger partial charge on any atom is -0.494 e. The van der Waals surface area contributed by atoms with Gasteiger partial charge in [0.15, 0.2) is 0 Å². The number of amides is 1. The Morgan fingerprint density at radius 1 is 0.914 bits per heavy atom. The zero-order valence-corrected chi connectivity index (χ0v) is 19.3. The van der Waals surface area contributed by atoms with Gasteiger partial charge in [0.25, 0.3) is 17.3 Å². The maximum Gasteiger partial charge on any atom is 0.276 e. The molecule has 0 aliphatic carbocycles. The molecule has 0 aromatic heterocycles. The number of hydrogen-bond acceptors (Lipinski definition) is 8. The molecule has 0 unspecified atom stereocenters. The summed E-state index contributed by atoms with van der Waals surface area (Å²) in [6.45, 7) is 3.17. The fraction of sp³-hybridized carbons (Fsp3) is 0.174. The molecule has 3 N–H and O–H groups in total. The van der Waals surface area contributed by atoms with Crippen LogP contribution in [0.5, 0.6) is 11.5 Å². The van der Waals surface area contributed by atoms with Crippen LogP contribution in [0.2, 0.25) is 0 Å². The summed E-state index contributed by atoms with van der Waals surface area (Å²) >= 11 is 0. The van der Waals surface area contributed by atoms with Crippen LogP contribution in [-0.4, -0.2) is 30.0 Å². The number of nitrogens with two attached hydrogens (primary N) is 1. The van der Waals surface area contributed by atoms with Gasteiger partial charge in [0.1, 0.15) is 17.3 Å². The summed E-state index contributed by atoms with van der Waals surface area (Å²) in [6, 6.07) is 11.0. The number of nitro groups is 2. The molecule has 3 aromatic carbocycles. The number of ether oxygens (including phenoxy) is 2. The number of carbonyl (C=O) groups is 1. The maximum absolute atomic E-state index is 13.6. The summed E-state index contributed by atoms with van der Waals surface area (Å²) in [5.41, 5.74) is 6.85. The average Bonchev–Trinajstić information content (AvgIpc) is 2.79. The summed E-state index contributed by atoms with van der Waals surface area (Å²) in [5, 5.41) is 23.9. The number of aryl methyl sites for hydroxylation is 2. The van der Waals surface area contributed by atoms with Crippen molar-refractivity contribution >= 4 is 28.7 Å². The van der Waals surface area contributed by atoms with Gasteiger partial charge < -0.3 is 20.5 Å². The number of carbonyl (C=O) groups excluding carboxylic acids is 1. The van der Waals surface area contributed by atoms with Gasteiger partial charge in [-0.25, -0.2) is 4.39 Å². The van der Waals surface area contributed by atoms with Crippen molar-refractivity contribution in [3.63, 3.8) is 0 Å². The highest BCUT2D eigenvalue weighted by atomic mass is 19.1. The van der Waals surface area contributed by atoms with Gasteiger partial charge in [0.2, 0.25) is 0 Å². The number of nitrogen functional groups attached to an aromatic ring is 1. The normalized spacial score (nSPS) is 9.97. The summed E-state index contributed by atoms with van der Waals surface area (Å²) in [4.78, 5) is 32.5. The molecule has 3 aromatic rings. The van der Waals surface area contributed by atoms with Crippen molar-refractivity contribution in [2.75, 3.05) is 25.3 Å². The number of rotatable bonds is 6. The van der Waals surface area contributed by atoms with E-state index in [0.29, 0.717) is 22.6 Å². The lowest BCUT2D eigenvalue weighted by atomic mass is 10.1. The Bertz CT molecular complexity index is 1280. The molecule has 11 nitrogen and oxygen atoms in total. The number of nitro benzene ring substituents is 2. The second-order valence-corrected chi connectivity index (χ2v) is 7.17. The lowest BCUT2D eigenvalue weighted by Crippen LogP contribution is -2.14. The Balaban J connectivity index is 0.000000283. The molecular weight excluding hydrogens is 463 g/mol. The van der Waals surface area contributed by atoms with E-state index in [9.17, 15) is 29.4 Å². The first-order chi connectivity index (χ1) is 16.5. The zero-order valence-electron chi connectivity index (χ0n) is 19.3. The molecule has 0 saturated carbocycles. The van der Waals surface area contributed by atoms with Crippen molar-refractivity contribution in [3.8, 4) is 11.5 Å². The van der Waals surface area contributed by atoms with Crippen molar-refractivity contribution in [2.45, 2.75) is 13.8 Å².